The van der Waals surface area contributed by atoms with Crippen LogP contribution in [0.4, 0.5) is 0 Å². The molecule has 26 heavy (non-hydrogen) atoms. The summed E-state index contributed by atoms with van der Waals surface area (Å²) >= 11 is 1.85. The van der Waals surface area contributed by atoms with E-state index < -0.39 is 5.79 Å². The van der Waals surface area contributed by atoms with Crippen LogP contribution in [-0.4, -0.2) is 17.3 Å². The molecule has 4 heteroatoms. The fraction of sp³-hybridized carbons (Fsp3) is 0.364. The molecule has 1 spiro atoms. The Hall–Kier alpha value is -1.72. The molecule has 3 atom stereocenters. The zero-order chi connectivity index (χ0) is 17.7. The smallest absolute Gasteiger partial charge is 0.198 e. The quantitative estimate of drug-likeness (QED) is 0.712. The summed E-state index contributed by atoms with van der Waals surface area (Å²) in [5.41, 5.74) is 3.53. The van der Waals surface area contributed by atoms with Gasteiger partial charge in [0.05, 0.1) is 18.8 Å². The van der Waals surface area contributed by atoms with Crippen molar-refractivity contribution in [2.45, 2.75) is 50.8 Å². The number of hydrogen-bond donors (Lipinski definition) is 1. The van der Waals surface area contributed by atoms with Gasteiger partial charge in [0.2, 0.25) is 0 Å². The van der Waals surface area contributed by atoms with Crippen LogP contribution in [0, 0.1) is 0 Å². The van der Waals surface area contributed by atoms with Crippen LogP contribution >= 0.6 is 11.3 Å². The lowest BCUT2D eigenvalue weighted by atomic mass is 9.90. The first kappa shape index (κ1) is 16.5. The van der Waals surface area contributed by atoms with Crippen LogP contribution in [0.1, 0.15) is 41.3 Å². The summed E-state index contributed by atoms with van der Waals surface area (Å²) in [4.78, 5) is 1.36. The summed E-state index contributed by atoms with van der Waals surface area (Å²) in [6.45, 7) is 2.56. The van der Waals surface area contributed by atoms with Gasteiger partial charge in [0, 0.05) is 28.0 Å². The third-order valence-electron chi connectivity index (χ3n) is 5.40. The van der Waals surface area contributed by atoms with Crippen molar-refractivity contribution in [3.8, 4) is 0 Å². The Bertz CT molecular complexity index is 918. The molecule has 1 saturated heterocycles. The second-order valence-corrected chi connectivity index (χ2v) is 8.65. The van der Waals surface area contributed by atoms with Crippen LogP contribution in [0.3, 0.4) is 0 Å². The van der Waals surface area contributed by atoms with E-state index in [-0.39, 0.29) is 12.2 Å². The zero-order valence-electron chi connectivity index (χ0n) is 14.8. The minimum atomic E-state index is -0.775. The zero-order valence-corrected chi connectivity index (χ0v) is 15.6. The normalized spacial score (nSPS) is 27.9. The van der Waals surface area contributed by atoms with E-state index in [1.54, 1.807) is 0 Å². The van der Waals surface area contributed by atoms with E-state index in [0.29, 0.717) is 19.4 Å². The van der Waals surface area contributed by atoms with Crippen LogP contribution in [-0.2, 0) is 28.3 Å². The number of ether oxygens (including phenoxy) is 2. The molecule has 3 nitrogen and oxygen atoms in total. The van der Waals surface area contributed by atoms with Crippen molar-refractivity contribution in [3.05, 3.63) is 70.1 Å². The topological polar surface area (TPSA) is 38.7 Å². The van der Waals surface area contributed by atoms with Gasteiger partial charge >= 0.3 is 0 Å². The molecule has 1 N–H and O–H groups in total. The van der Waals surface area contributed by atoms with Crippen LogP contribution < -0.4 is 0 Å². The maximum Gasteiger partial charge on any atom is 0.198 e. The summed E-state index contributed by atoms with van der Waals surface area (Å²) in [6.07, 6.45) is 1.70. The second-order valence-electron chi connectivity index (χ2n) is 7.48. The van der Waals surface area contributed by atoms with Gasteiger partial charge in [-0.3, -0.25) is 0 Å². The molecule has 0 aliphatic carbocycles. The Labute approximate surface area is 157 Å². The first-order valence-electron chi connectivity index (χ1n) is 9.21. The van der Waals surface area contributed by atoms with E-state index in [0.717, 1.165) is 12.0 Å². The largest absolute Gasteiger partial charge is 0.393 e. The van der Waals surface area contributed by atoms with Gasteiger partial charge in [0.1, 0.15) is 0 Å². The molecule has 0 saturated carbocycles. The standard InChI is InChI=1S/C22H22O3S/c1-14-8-18(23)12-22(25-14)20-10-15(6-7-17(20)13-24-22)9-19-11-16-4-2-3-5-21(16)26-19/h2-7,10-11,14,18,23H,8-9,12-13H2,1H3/t14-,18+,22-/m1/s1. The molecule has 3 heterocycles. The number of aliphatic hydroxyl groups is 1. The lowest BCUT2D eigenvalue weighted by Crippen LogP contribution is -2.43. The number of hydrogen-bond acceptors (Lipinski definition) is 4. The predicted molar refractivity (Wildman–Crippen MR) is 103 cm³/mol. The van der Waals surface area contributed by atoms with Crippen LogP contribution in [0.5, 0.6) is 0 Å². The molecular formula is C22H22O3S. The lowest BCUT2D eigenvalue weighted by molar-refractivity contribution is -0.295. The molecule has 0 unspecified atom stereocenters. The Morgan fingerprint density at radius 3 is 2.92 bits per heavy atom. The summed E-state index contributed by atoms with van der Waals surface area (Å²) in [7, 11) is 0. The monoisotopic (exact) mass is 366 g/mol. The number of benzene rings is 2. The van der Waals surface area contributed by atoms with E-state index in [4.69, 9.17) is 9.47 Å². The highest BCUT2D eigenvalue weighted by atomic mass is 32.1. The Morgan fingerprint density at radius 1 is 1.19 bits per heavy atom. The maximum atomic E-state index is 10.3. The summed E-state index contributed by atoms with van der Waals surface area (Å²) in [5.74, 6) is -0.775. The molecule has 2 aromatic carbocycles. The summed E-state index contributed by atoms with van der Waals surface area (Å²) < 4.78 is 13.6. The SMILES string of the molecule is C[C@@H]1C[C@H](O)C[C@@]2(OCc3ccc(Cc4cc5ccccc5s4)cc32)O1. The minimum Gasteiger partial charge on any atom is -0.393 e. The van der Waals surface area contributed by atoms with E-state index in [9.17, 15) is 5.11 Å². The first-order chi connectivity index (χ1) is 12.6. The molecule has 0 radical (unpaired) electrons. The molecule has 2 aliphatic heterocycles. The fourth-order valence-corrected chi connectivity index (χ4v) is 5.37. The number of fused-ring (bicyclic) bond motifs is 3. The van der Waals surface area contributed by atoms with Crippen LogP contribution in [0.2, 0.25) is 0 Å². The lowest BCUT2D eigenvalue weighted by Gasteiger charge is -2.39. The third-order valence-corrected chi connectivity index (χ3v) is 6.52. The second kappa shape index (κ2) is 6.17. The molecule has 5 rings (SSSR count). The maximum absolute atomic E-state index is 10.3. The Balaban J connectivity index is 1.48. The molecule has 2 aliphatic rings. The van der Waals surface area contributed by atoms with E-state index in [2.05, 4.69) is 48.5 Å². The highest BCUT2D eigenvalue weighted by Crippen LogP contribution is 2.45. The van der Waals surface area contributed by atoms with E-state index >= 15 is 0 Å². The van der Waals surface area contributed by atoms with Gasteiger partial charge in [0.15, 0.2) is 5.79 Å². The van der Waals surface area contributed by atoms with Crippen molar-refractivity contribution >= 4 is 21.4 Å². The number of rotatable bonds is 2. The van der Waals surface area contributed by atoms with Crippen molar-refractivity contribution in [2.24, 2.45) is 0 Å². The molecular weight excluding hydrogens is 344 g/mol. The van der Waals surface area contributed by atoms with Crippen molar-refractivity contribution in [1.82, 2.24) is 0 Å². The van der Waals surface area contributed by atoms with Gasteiger partial charge in [-0.1, -0.05) is 30.3 Å². The van der Waals surface area contributed by atoms with Crippen molar-refractivity contribution in [2.75, 3.05) is 0 Å². The van der Waals surface area contributed by atoms with Crippen molar-refractivity contribution < 1.29 is 14.6 Å². The average molecular weight is 366 g/mol. The first-order valence-corrected chi connectivity index (χ1v) is 10.0. The van der Waals surface area contributed by atoms with Gasteiger partial charge in [0.25, 0.3) is 0 Å². The summed E-state index contributed by atoms with van der Waals surface area (Å²) in [5, 5.41) is 11.6. The summed E-state index contributed by atoms with van der Waals surface area (Å²) in [6, 6.07) is 17.4. The fourth-order valence-electron chi connectivity index (χ4n) is 4.28. The molecule has 134 valence electrons. The molecule has 3 aromatic rings. The molecule has 1 fully saturated rings. The van der Waals surface area contributed by atoms with Crippen LogP contribution in [0.25, 0.3) is 10.1 Å². The van der Waals surface area contributed by atoms with Gasteiger partial charge in [-0.2, -0.15) is 0 Å². The van der Waals surface area contributed by atoms with E-state index in [1.165, 1.54) is 26.1 Å². The average Bonchev–Trinajstić information content (AvgIpc) is 3.15. The number of thiophene rings is 1. The highest BCUT2D eigenvalue weighted by molar-refractivity contribution is 7.19. The van der Waals surface area contributed by atoms with Gasteiger partial charge in [-0.25, -0.2) is 0 Å². The predicted octanol–water partition coefficient (Wildman–Crippen LogP) is 4.73. The van der Waals surface area contributed by atoms with Gasteiger partial charge in [-0.15, -0.1) is 11.3 Å². The van der Waals surface area contributed by atoms with Gasteiger partial charge < -0.3 is 14.6 Å². The Kier molecular flexibility index (Phi) is 3.90. The molecule has 1 aromatic heterocycles. The highest BCUT2D eigenvalue weighted by Gasteiger charge is 2.47. The van der Waals surface area contributed by atoms with Crippen LogP contribution in [0.15, 0.2) is 48.5 Å². The van der Waals surface area contributed by atoms with Crippen molar-refractivity contribution in [3.63, 3.8) is 0 Å². The number of aliphatic hydroxyl groups excluding tert-OH is 1. The minimum absolute atomic E-state index is 0.00375. The van der Waals surface area contributed by atoms with Gasteiger partial charge in [-0.05, 0) is 48.1 Å². The third kappa shape index (κ3) is 2.78. The Morgan fingerprint density at radius 2 is 2.08 bits per heavy atom. The molecule has 0 bridgehead atoms. The van der Waals surface area contributed by atoms with E-state index in [1.807, 2.05) is 18.3 Å². The molecule has 0 amide bonds. The van der Waals surface area contributed by atoms with Crippen molar-refractivity contribution in [1.29, 1.82) is 0 Å².